The zero-order valence-corrected chi connectivity index (χ0v) is 12.1. The molecule has 0 unspecified atom stereocenters. The molecule has 0 aliphatic rings. The molecule has 0 saturated heterocycles. The molecule has 0 radical (unpaired) electrons. The summed E-state index contributed by atoms with van der Waals surface area (Å²) in [5, 5.41) is 8.67. The molecule has 108 valence electrons. The molecule has 21 heavy (non-hydrogen) atoms. The van der Waals surface area contributed by atoms with Crippen molar-refractivity contribution in [3.05, 3.63) is 47.9 Å². The Labute approximate surface area is 122 Å². The van der Waals surface area contributed by atoms with Crippen LogP contribution in [-0.2, 0) is 10.0 Å². The Morgan fingerprint density at radius 3 is 2.76 bits per heavy atom. The lowest BCUT2D eigenvalue weighted by Crippen LogP contribution is -2.14. The molecule has 6 nitrogen and oxygen atoms in total. The number of nitrogens with one attached hydrogen (secondary N) is 1. The van der Waals surface area contributed by atoms with Crippen molar-refractivity contribution in [2.75, 3.05) is 11.3 Å². The van der Waals surface area contributed by atoms with Crippen molar-refractivity contribution in [3.8, 4) is 11.8 Å². The first-order valence-electron chi connectivity index (χ1n) is 6.02. The molecule has 0 amide bonds. The zero-order valence-electron chi connectivity index (χ0n) is 11.2. The van der Waals surface area contributed by atoms with Crippen molar-refractivity contribution in [2.45, 2.75) is 11.8 Å². The van der Waals surface area contributed by atoms with E-state index in [1.54, 1.807) is 13.0 Å². The van der Waals surface area contributed by atoms with Crippen LogP contribution in [0.15, 0.2) is 41.7 Å². The topological polar surface area (TPSA) is 92.2 Å². The Bertz CT molecular complexity index is 793. The Morgan fingerprint density at radius 1 is 1.33 bits per heavy atom. The maximum Gasteiger partial charge on any atom is 0.263 e. The Kier molecular flexibility index (Phi) is 4.52. The molecule has 0 aliphatic heterocycles. The second-order valence-electron chi connectivity index (χ2n) is 4.13. The van der Waals surface area contributed by atoms with E-state index < -0.39 is 10.0 Å². The lowest BCUT2D eigenvalue weighted by Gasteiger charge is -2.08. The van der Waals surface area contributed by atoms with Crippen LogP contribution in [0.1, 0.15) is 11.1 Å². The van der Waals surface area contributed by atoms with E-state index in [0.717, 1.165) is 0 Å². The fourth-order valence-corrected chi connectivity index (χ4v) is 2.70. The van der Waals surface area contributed by atoms with E-state index in [1.165, 1.54) is 30.7 Å². The van der Waals surface area contributed by atoms with Crippen molar-refractivity contribution in [1.82, 2.24) is 9.97 Å². The van der Waals surface area contributed by atoms with Gasteiger partial charge in [-0.25, -0.2) is 13.4 Å². The molecule has 1 aromatic carbocycles. The number of benzene rings is 1. The largest absolute Gasteiger partial charge is 0.384 e. The van der Waals surface area contributed by atoms with Crippen LogP contribution >= 0.6 is 0 Å². The van der Waals surface area contributed by atoms with Crippen molar-refractivity contribution >= 4 is 15.8 Å². The number of anilines is 1. The quantitative estimate of drug-likeness (QED) is 0.823. The molecule has 2 rings (SSSR count). The van der Waals surface area contributed by atoms with Gasteiger partial charge in [-0.3, -0.25) is 9.71 Å². The van der Waals surface area contributed by atoms with E-state index >= 15 is 0 Å². The minimum atomic E-state index is -3.72. The summed E-state index contributed by atoms with van der Waals surface area (Å²) in [6, 6.07) is 4.57. The Morgan fingerprint density at radius 2 is 2.14 bits per heavy atom. The highest BCUT2D eigenvalue weighted by atomic mass is 32.2. The van der Waals surface area contributed by atoms with E-state index in [1.807, 2.05) is 0 Å². The first-order valence-corrected chi connectivity index (χ1v) is 7.50. The molecular weight excluding hydrogens is 290 g/mol. The second kappa shape index (κ2) is 6.35. The number of rotatable bonds is 3. The number of sulfonamides is 1. The molecule has 2 aromatic rings. The van der Waals surface area contributed by atoms with Gasteiger partial charge in [0, 0.05) is 18.0 Å². The number of hydrogen-bond acceptors (Lipinski definition) is 5. The molecule has 0 spiro atoms. The Hall–Kier alpha value is -2.43. The lowest BCUT2D eigenvalue weighted by molar-refractivity contribution is 0.350. The van der Waals surface area contributed by atoms with Crippen molar-refractivity contribution < 1.29 is 13.5 Å². The highest BCUT2D eigenvalue weighted by Crippen LogP contribution is 2.17. The van der Waals surface area contributed by atoms with Gasteiger partial charge in [0.2, 0.25) is 0 Å². The van der Waals surface area contributed by atoms with Gasteiger partial charge in [0.15, 0.2) is 5.82 Å². The number of hydrogen-bond donors (Lipinski definition) is 2. The van der Waals surface area contributed by atoms with Crippen LogP contribution in [0, 0.1) is 18.8 Å². The highest BCUT2D eigenvalue weighted by Gasteiger charge is 2.15. The molecule has 2 N–H and O–H groups in total. The van der Waals surface area contributed by atoms with Crippen LogP contribution in [0.25, 0.3) is 0 Å². The third kappa shape index (κ3) is 3.78. The van der Waals surface area contributed by atoms with Crippen molar-refractivity contribution in [3.63, 3.8) is 0 Å². The molecule has 1 aromatic heterocycles. The van der Waals surface area contributed by atoms with Crippen LogP contribution in [0.5, 0.6) is 0 Å². The molecular formula is C14H13N3O3S. The minimum absolute atomic E-state index is 0.111. The van der Waals surface area contributed by atoms with Gasteiger partial charge in [-0.1, -0.05) is 11.8 Å². The van der Waals surface area contributed by atoms with E-state index in [9.17, 15) is 8.42 Å². The van der Waals surface area contributed by atoms with Gasteiger partial charge in [-0.15, -0.1) is 0 Å². The summed E-state index contributed by atoms with van der Waals surface area (Å²) in [6.45, 7) is 1.51. The smallest absolute Gasteiger partial charge is 0.263 e. The molecule has 0 bridgehead atoms. The summed E-state index contributed by atoms with van der Waals surface area (Å²) in [7, 11) is -3.72. The van der Waals surface area contributed by atoms with Crippen molar-refractivity contribution in [1.29, 1.82) is 0 Å². The number of aryl methyl sites for hydroxylation is 1. The average Bonchev–Trinajstić information content (AvgIpc) is 2.46. The van der Waals surface area contributed by atoms with E-state index in [4.69, 9.17) is 5.11 Å². The molecule has 0 saturated carbocycles. The third-order valence-electron chi connectivity index (χ3n) is 2.61. The predicted octanol–water partition coefficient (Wildman–Crippen LogP) is 0.930. The van der Waals surface area contributed by atoms with Crippen LogP contribution < -0.4 is 4.72 Å². The summed E-state index contributed by atoms with van der Waals surface area (Å²) in [5.74, 6) is 5.43. The number of aliphatic hydroxyl groups excluding tert-OH is 1. The fraction of sp³-hybridized carbons (Fsp3) is 0.143. The van der Waals surface area contributed by atoms with E-state index in [-0.39, 0.29) is 17.3 Å². The maximum absolute atomic E-state index is 12.2. The highest BCUT2D eigenvalue weighted by molar-refractivity contribution is 7.92. The van der Waals surface area contributed by atoms with E-state index in [2.05, 4.69) is 26.5 Å². The minimum Gasteiger partial charge on any atom is -0.384 e. The van der Waals surface area contributed by atoms with Crippen LogP contribution in [0.4, 0.5) is 5.82 Å². The number of aromatic nitrogens is 2. The number of aliphatic hydroxyl groups is 1. The standard InChI is InChI=1S/C14H13N3O3S/c1-11-9-13(5-4-12(11)3-2-8-18)21(19,20)17-14-10-15-6-7-16-14/h4-7,9-10,18H,8H2,1H3,(H,16,17). The second-order valence-corrected chi connectivity index (χ2v) is 5.82. The summed E-state index contributed by atoms with van der Waals surface area (Å²) < 4.78 is 26.8. The van der Waals surface area contributed by atoms with Gasteiger partial charge in [0.25, 0.3) is 10.0 Å². The van der Waals surface area contributed by atoms with Gasteiger partial charge >= 0.3 is 0 Å². The molecule has 0 aliphatic carbocycles. The lowest BCUT2D eigenvalue weighted by atomic mass is 10.1. The van der Waals surface area contributed by atoms with E-state index in [0.29, 0.717) is 11.1 Å². The average molecular weight is 303 g/mol. The van der Waals surface area contributed by atoms with Crippen LogP contribution in [-0.4, -0.2) is 30.1 Å². The summed E-state index contributed by atoms with van der Waals surface area (Å²) in [6.07, 6.45) is 4.18. The van der Waals surface area contributed by atoms with Crippen LogP contribution in [0.3, 0.4) is 0 Å². The molecule has 7 heteroatoms. The van der Waals surface area contributed by atoms with Gasteiger partial charge in [0.05, 0.1) is 11.1 Å². The Balaban J connectivity index is 2.31. The molecule has 0 atom stereocenters. The van der Waals surface area contributed by atoms with Crippen molar-refractivity contribution in [2.24, 2.45) is 0 Å². The van der Waals surface area contributed by atoms with Gasteiger partial charge in [0.1, 0.15) is 6.61 Å². The third-order valence-corrected chi connectivity index (χ3v) is 3.96. The molecule has 1 heterocycles. The normalized spacial score (nSPS) is 10.6. The fourth-order valence-electron chi connectivity index (χ4n) is 1.63. The summed E-state index contributed by atoms with van der Waals surface area (Å²) in [4.78, 5) is 7.77. The molecule has 0 fully saturated rings. The summed E-state index contributed by atoms with van der Waals surface area (Å²) >= 11 is 0. The zero-order chi connectivity index (χ0) is 15.3. The predicted molar refractivity (Wildman–Crippen MR) is 78.0 cm³/mol. The van der Waals surface area contributed by atoms with Gasteiger partial charge < -0.3 is 5.11 Å². The van der Waals surface area contributed by atoms with Gasteiger partial charge in [-0.2, -0.15) is 0 Å². The SMILES string of the molecule is Cc1cc(S(=O)(=O)Nc2cnccn2)ccc1C#CCO. The first-order chi connectivity index (χ1) is 10.0. The monoisotopic (exact) mass is 303 g/mol. The summed E-state index contributed by atoms with van der Waals surface area (Å²) in [5.41, 5.74) is 1.38. The van der Waals surface area contributed by atoms with Crippen LogP contribution in [0.2, 0.25) is 0 Å². The first kappa shape index (κ1) is 15.0. The number of nitrogens with zero attached hydrogens (tertiary/aromatic N) is 2. The maximum atomic E-state index is 12.2. The van der Waals surface area contributed by atoms with Gasteiger partial charge in [-0.05, 0) is 30.7 Å².